The number of hydrogen-bond acceptors (Lipinski definition) is 8. The molecule has 1 heterocycles. The van der Waals surface area contributed by atoms with Gasteiger partial charge in [-0.3, -0.25) is 10.1 Å². The number of nitro groups is 1. The molecule has 2 N–H and O–H groups in total. The molecular weight excluding hydrogens is 336 g/mol. The molecule has 130 valence electrons. The van der Waals surface area contributed by atoms with Crippen molar-refractivity contribution in [1.82, 2.24) is 4.73 Å². The van der Waals surface area contributed by atoms with Gasteiger partial charge in [-0.1, -0.05) is 12.7 Å². The second kappa shape index (κ2) is 7.17. The number of carbonyl (C=O) groups excluding carboxylic acids is 2. The number of benzene rings is 1. The molecule has 0 unspecified atom stereocenters. The van der Waals surface area contributed by atoms with Gasteiger partial charge in [0, 0.05) is 24.3 Å². The molecule has 0 aliphatic carbocycles. The number of rotatable bonds is 6. The number of aromatic nitrogens is 1. The fourth-order valence-corrected chi connectivity index (χ4v) is 1.80. The molecule has 1 aromatic heterocycles. The highest BCUT2D eigenvalue weighted by atomic mass is 16.7. The van der Waals surface area contributed by atoms with Gasteiger partial charge in [-0.2, -0.15) is 0 Å². The summed E-state index contributed by atoms with van der Waals surface area (Å²) in [6.07, 6.45) is 1.31. The first kappa shape index (κ1) is 17.5. The van der Waals surface area contributed by atoms with E-state index in [1.807, 2.05) is 0 Å². The molecule has 0 aliphatic heterocycles. The molecule has 0 radical (unpaired) electrons. The zero-order valence-electron chi connectivity index (χ0n) is 12.6. The van der Waals surface area contributed by atoms with Crippen molar-refractivity contribution in [3.8, 4) is 11.8 Å². The maximum atomic E-state index is 12.1. The van der Waals surface area contributed by atoms with Gasteiger partial charge in [0.15, 0.2) is 0 Å². The minimum Gasteiger partial charge on any atom is -0.492 e. The van der Waals surface area contributed by atoms with Crippen molar-refractivity contribution in [3.63, 3.8) is 0 Å². The van der Waals surface area contributed by atoms with Crippen LogP contribution in [0.2, 0.25) is 0 Å². The smallest absolute Gasteiger partial charge is 0.364 e. The number of hydrogen-bond donors (Lipinski definition) is 2. The van der Waals surface area contributed by atoms with E-state index in [1.54, 1.807) is 0 Å². The largest absolute Gasteiger partial charge is 0.492 e. The summed E-state index contributed by atoms with van der Waals surface area (Å²) in [6, 6.07) is 4.97. The first-order chi connectivity index (χ1) is 11.8. The Morgan fingerprint density at radius 1 is 1.16 bits per heavy atom. The molecule has 0 amide bonds. The summed E-state index contributed by atoms with van der Waals surface area (Å²) in [7, 11) is 0. The molecular formula is C15H12N2O8. The second-order valence-electron chi connectivity index (χ2n) is 4.64. The minimum absolute atomic E-state index is 0.119. The van der Waals surface area contributed by atoms with Crippen molar-refractivity contribution in [2.75, 3.05) is 6.61 Å². The lowest BCUT2D eigenvalue weighted by atomic mass is 10.1. The van der Waals surface area contributed by atoms with E-state index in [-0.39, 0.29) is 17.7 Å². The molecule has 1 aromatic carbocycles. The van der Waals surface area contributed by atoms with E-state index in [1.165, 1.54) is 6.08 Å². The minimum atomic E-state index is -1.15. The van der Waals surface area contributed by atoms with E-state index in [9.17, 15) is 29.9 Å². The topological polar surface area (TPSA) is 141 Å². The lowest BCUT2D eigenvalue weighted by Crippen LogP contribution is -2.20. The number of non-ortho nitro benzene ring substituents is 1. The molecule has 0 spiro atoms. The summed E-state index contributed by atoms with van der Waals surface area (Å²) in [5.41, 5.74) is -1.14. The molecule has 0 bridgehead atoms. The van der Waals surface area contributed by atoms with Crippen LogP contribution >= 0.6 is 0 Å². The first-order valence-electron chi connectivity index (χ1n) is 6.73. The molecule has 0 aliphatic rings. The molecule has 0 atom stereocenters. The number of carbonyl (C=O) groups is 2. The van der Waals surface area contributed by atoms with Crippen LogP contribution in [0, 0.1) is 10.1 Å². The van der Waals surface area contributed by atoms with Gasteiger partial charge >= 0.3 is 11.9 Å². The zero-order valence-corrected chi connectivity index (χ0v) is 12.6. The molecule has 10 nitrogen and oxygen atoms in total. The van der Waals surface area contributed by atoms with E-state index < -0.39 is 34.3 Å². The van der Waals surface area contributed by atoms with Crippen LogP contribution < -0.4 is 4.84 Å². The predicted molar refractivity (Wildman–Crippen MR) is 82.2 cm³/mol. The maximum absolute atomic E-state index is 12.1. The van der Waals surface area contributed by atoms with Crippen LogP contribution in [0.5, 0.6) is 11.8 Å². The van der Waals surface area contributed by atoms with Gasteiger partial charge in [0.25, 0.3) is 5.69 Å². The SMILES string of the molecule is C=CCOC(=O)c1cc(C(=O)On2c(O)ccc2O)cc([N+](=O)[O-])c1. The highest BCUT2D eigenvalue weighted by Crippen LogP contribution is 2.22. The second-order valence-corrected chi connectivity index (χ2v) is 4.64. The van der Waals surface area contributed by atoms with Gasteiger partial charge in [-0.15, -0.1) is 4.73 Å². The van der Waals surface area contributed by atoms with Crippen molar-refractivity contribution >= 4 is 17.6 Å². The van der Waals surface area contributed by atoms with Crippen molar-refractivity contribution in [2.45, 2.75) is 0 Å². The van der Waals surface area contributed by atoms with Gasteiger partial charge in [-0.25, -0.2) is 9.59 Å². The van der Waals surface area contributed by atoms with Gasteiger partial charge < -0.3 is 19.8 Å². The Hall–Kier alpha value is -3.82. The van der Waals surface area contributed by atoms with E-state index in [2.05, 4.69) is 6.58 Å². The third-order valence-corrected chi connectivity index (χ3v) is 2.90. The van der Waals surface area contributed by atoms with Crippen molar-refractivity contribution in [1.29, 1.82) is 0 Å². The van der Waals surface area contributed by atoms with Gasteiger partial charge in [0.2, 0.25) is 11.8 Å². The van der Waals surface area contributed by atoms with E-state index >= 15 is 0 Å². The Bertz CT molecular complexity index is 836. The average Bonchev–Trinajstić information content (AvgIpc) is 2.91. The maximum Gasteiger partial charge on any atom is 0.364 e. The zero-order chi connectivity index (χ0) is 18.6. The van der Waals surface area contributed by atoms with Gasteiger partial charge in [0.1, 0.15) is 6.61 Å². The quantitative estimate of drug-likeness (QED) is 0.345. The van der Waals surface area contributed by atoms with Crippen LogP contribution in [0.25, 0.3) is 0 Å². The number of esters is 1. The Kier molecular flexibility index (Phi) is 5.03. The van der Waals surface area contributed by atoms with Gasteiger partial charge in [0.05, 0.1) is 16.1 Å². The van der Waals surface area contributed by atoms with Crippen molar-refractivity contribution in [3.05, 3.63) is 64.2 Å². The van der Waals surface area contributed by atoms with E-state index in [0.29, 0.717) is 4.73 Å². The summed E-state index contributed by atoms with van der Waals surface area (Å²) in [6.45, 7) is 3.25. The molecule has 2 aromatic rings. The predicted octanol–water partition coefficient (Wildman–Crippen LogP) is 1.42. The van der Waals surface area contributed by atoms with Gasteiger partial charge in [-0.05, 0) is 6.07 Å². The number of nitrogens with zero attached hydrogens (tertiary/aromatic N) is 2. The lowest BCUT2D eigenvalue weighted by molar-refractivity contribution is -0.384. The number of ether oxygens (including phenoxy) is 1. The van der Waals surface area contributed by atoms with Crippen LogP contribution in [-0.2, 0) is 4.74 Å². The third kappa shape index (κ3) is 3.93. The highest BCUT2D eigenvalue weighted by molar-refractivity contribution is 5.96. The van der Waals surface area contributed by atoms with E-state index in [0.717, 1.165) is 30.3 Å². The molecule has 0 fully saturated rings. The summed E-state index contributed by atoms with van der Waals surface area (Å²) in [5, 5.41) is 29.9. The van der Waals surface area contributed by atoms with Crippen LogP contribution in [0.4, 0.5) is 5.69 Å². The molecule has 10 heteroatoms. The Morgan fingerprint density at radius 2 is 1.72 bits per heavy atom. The van der Waals surface area contributed by atoms with Crippen molar-refractivity contribution in [2.24, 2.45) is 0 Å². The molecule has 0 saturated heterocycles. The third-order valence-electron chi connectivity index (χ3n) is 2.90. The van der Waals surface area contributed by atoms with E-state index in [4.69, 9.17) is 9.57 Å². The Balaban J connectivity index is 2.37. The Labute approximate surface area is 140 Å². The Morgan fingerprint density at radius 3 is 2.24 bits per heavy atom. The lowest BCUT2D eigenvalue weighted by Gasteiger charge is -2.08. The van der Waals surface area contributed by atoms with Crippen LogP contribution in [0.3, 0.4) is 0 Å². The fraction of sp³-hybridized carbons (Fsp3) is 0.0667. The highest BCUT2D eigenvalue weighted by Gasteiger charge is 2.21. The average molecular weight is 348 g/mol. The molecule has 0 saturated carbocycles. The normalized spacial score (nSPS) is 10.1. The standard InChI is InChI=1S/C15H12N2O8/c1-2-5-24-14(20)9-6-10(8-11(7-9)17(22)23)15(21)25-16-12(18)3-4-13(16)19/h2-4,6-8,18-19H,1,5H2. The molecule has 2 rings (SSSR count). The first-order valence-corrected chi connectivity index (χ1v) is 6.73. The number of aromatic hydroxyl groups is 2. The van der Waals surface area contributed by atoms with Crippen molar-refractivity contribution < 1.29 is 34.3 Å². The van der Waals surface area contributed by atoms with Crippen LogP contribution in [0.15, 0.2) is 43.0 Å². The summed E-state index contributed by atoms with van der Waals surface area (Å²) in [5.74, 6) is -3.18. The monoisotopic (exact) mass is 348 g/mol. The fourth-order valence-electron chi connectivity index (χ4n) is 1.80. The number of nitro benzene ring substituents is 1. The summed E-state index contributed by atoms with van der Waals surface area (Å²) < 4.78 is 5.19. The van der Waals surface area contributed by atoms with Crippen LogP contribution in [-0.4, -0.2) is 38.4 Å². The van der Waals surface area contributed by atoms with Crippen LogP contribution in [0.1, 0.15) is 20.7 Å². The molecule has 25 heavy (non-hydrogen) atoms. The summed E-state index contributed by atoms with van der Waals surface area (Å²) in [4.78, 5) is 38.9. The summed E-state index contributed by atoms with van der Waals surface area (Å²) >= 11 is 0.